The van der Waals surface area contributed by atoms with E-state index in [4.69, 9.17) is 0 Å². The Balaban J connectivity index is 0.000000514. The summed E-state index contributed by atoms with van der Waals surface area (Å²) >= 11 is 0. The highest BCUT2D eigenvalue weighted by Crippen LogP contribution is 2.34. The van der Waals surface area contributed by atoms with Crippen LogP contribution in [0.3, 0.4) is 0 Å². The molecule has 0 bridgehead atoms. The largest absolute Gasteiger partial charge is 0.278 e. The molecule has 0 amide bonds. The van der Waals surface area contributed by atoms with Gasteiger partial charge in [0.05, 0.1) is 11.7 Å². The standard InChI is InChI=1S/C11H10F2N2.C2H6/c12-11(13)2-1-7-4-10-9(6-14-15-10)3-8(7)5-11;1-2/h3-4,6H,1-2,5H2,(H,14,15);1-2H3. The Morgan fingerprint density at radius 3 is 2.76 bits per heavy atom. The number of H-pyrrole nitrogens is 1. The van der Waals surface area contributed by atoms with Crippen molar-refractivity contribution in [1.29, 1.82) is 0 Å². The first kappa shape index (κ1) is 12.0. The van der Waals surface area contributed by atoms with Crippen LogP contribution >= 0.6 is 0 Å². The fraction of sp³-hybridized carbons (Fsp3) is 0.462. The van der Waals surface area contributed by atoms with Crippen molar-refractivity contribution in [2.75, 3.05) is 0 Å². The molecule has 1 aromatic heterocycles. The Labute approximate surface area is 99.0 Å². The summed E-state index contributed by atoms with van der Waals surface area (Å²) < 4.78 is 26.4. The van der Waals surface area contributed by atoms with Crippen molar-refractivity contribution < 1.29 is 8.78 Å². The third kappa shape index (κ3) is 2.30. The van der Waals surface area contributed by atoms with Crippen molar-refractivity contribution in [3.05, 3.63) is 29.5 Å². The minimum atomic E-state index is -2.54. The summed E-state index contributed by atoms with van der Waals surface area (Å²) in [5.41, 5.74) is 2.72. The second-order valence-electron chi connectivity index (χ2n) is 4.11. The molecule has 92 valence electrons. The number of alkyl halides is 2. The second kappa shape index (κ2) is 4.43. The molecule has 0 radical (unpaired) electrons. The van der Waals surface area contributed by atoms with Gasteiger partial charge in [0, 0.05) is 18.2 Å². The summed E-state index contributed by atoms with van der Waals surface area (Å²) in [5.74, 6) is -2.54. The van der Waals surface area contributed by atoms with Crippen molar-refractivity contribution in [2.24, 2.45) is 0 Å². The third-order valence-electron chi connectivity index (χ3n) is 2.97. The van der Waals surface area contributed by atoms with E-state index < -0.39 is 5.92 Å². The highest BCUT2D eigenvalue weighted by atomic mass is 19.3. The Morgan fingerprint density at radius 1 is 1.24 bits per heavy atom. The highest BCUT2D eigenvalue weighted by molar-refractivity contribution is 5.79. The normalized spacial score (nSPS) is 17.2. The number of aromatic amines is 1. The minimum Gasteiger partial charge on any atom is -0.278 e. The minimum absolute atomic E-state index is 0.0420. The van der Waals surface area contributed by atoms with Crippen molar-refractivity contribution in [3.8, 4) is 0 Å². The molecule has 4 heteroatoms. The van der Waals surface area contributed by atoms with Gasteiger partial charge in [0.2, 0.25) is 0 Å². The number of rotatable bonds is 0. The predicted molar refractivity (Wildman–Crippen MR) is 64.4 cm³/mol. The van der Waals surface area contributed by atoms with Gasteiger partial charge in [-0.25, -0.2) is 8.78 Å². The van der Waals surface area contributed by atoms with E-state index in [-0.39, 0.29) is 12.8 Å². The van der Waals surface area contributed by atoms with Crippen LogP contribution in [0, 0.1) is 0 Å². The SMILES string of the molecule is CC.FC1(F)CCc2cc3[nH]ncc3cc2C1. The molecule has 17 heavy (non-hydrogen) atoms. The zero-order valence-corrected chi connectivity index (χ0v) is 10.1. The highest BCUT2D eigenvalue weighted by Gasteiger charge is 2.33. The monoisotopic (exact) mass is 238 g/mol. The van der Waals surface area contributed by atoms with E-state index in [0.29, 0.717) is 6.42 Å². The molecule has 1 aliphatic rings. The maximum absolute atomic E-state index is 13.2. The van der Waals surface area contributed by atoms with Gasteiger partial charge >= 0.3 is 0 Å². The van der Waals surface area contributed by atoms with E-state index in [9.17, 15) is 8.78 Å². The second-order valence-corrected chi connectivity index (χ2v) is 4.11. The van der Waals surface area contributed by atoms with Gasteiger partial charge in [-0.05, 0) is 29.7 Å². The van der Waals surface area contributed by atoms with Crippen molar-refractivity contribution in [2.45, 2.75) is 39.0 Å². The van der Waals surface area contributed by atoms with Crippen molar-refractivity contribution >= 4 is 10.9 Å². The fourth-order valence-electron chi connectivity index (χ4n) is 2.17. The number of hydrogen-bond donors (Lipinski definition) is 1. The Hall–Kier alpha value is -1.45. The topological polar surface area (TPSA) is 28.7 Å². The van der Waals surface area contributed by atoms with Gasteiger partial charge < -0.3 is 0 Å². The predicted octanol–water partition coefficient (Wildman–Crippen LogP) is 3.71. The number of fused-ring (bicyclic) bond motifs is 2. The van der Waals surface area contributed by atoms with Gasteiger partial charge in [0.15, 0.2) is 0 Å². The van der Waals surface area contributed by atoms with E-state index >= 15 is 0 Å². The average molecular weight is 238 g/mol. The maximum atomic E-state index is 13.2. The van der Waals surface area contributed by atoms with Gasteiger partial charge in [-0.1, -0.05) is 13.8 Å². The summed E-state index contributed by atoms with van der Waals surface area (Å²) in [7, 11) is 0. The quantitative estimate of drug-likeness (QED) is 0.744. The lowest BCUT2D eigenvalue weighted by Crippen LogP contribution is -2.25. The smallest absolute Gasteiger partial charge is 0.252 e. The van der Waals surface area contributed by atoms with Crippen molar-refractivity contribution in [3.63, 3.8) is 0 Å². The lowest BCUT2D eigenvalue weighted by Gasteiger charge is -2.24. The van der Waals surface area contributed by atoms with Gasteiger partial charge in [-0.2, -0.15) is 5.10 Å². The molecule has 2 aromatic rings. The molecule has 1 heterocycles. The molecule has 0 saturated carbocycles. The number of halogens is 2. The Bertz CT molecular complexity index is 517. The van der Waals surface area contributed by atoms with Gasteiger partial charge in [-0.15, -0.1) is 0 Å². The zero-order chi connectivity index (χ0) is 12.5. The summed E-state index contributed by atoms with van der Waals surface area (Å²) in [6.45, 7) is 4.00. The van der Waals surface area contributed by atoms with Crippen LogP contribution in [0.5, 0.6) is 0 Å². The first-order valence-corrected chi connectivity index (χ1v) is 5.97. The average Bonchev–Trinajstić information content (AvgIpc) is 2.75. The molecule has 0 atom stereocenters. The molecular weight excluding hydrogens is 222 g/mol. The molecule has 3 rings (SSSR count). The molecule has 1 aliphatic carbocycles. The molecule has 1 aromatic carbocycles. The Kier molecular flexibility index (Phi) is 3.13. The zero-order valence-electron chi connectivity index (χ0n) is 10.1. The molecule has 2 nitrogen and oxygen atoms in total. The van der Waals surface area contributed by atoms with Crippen LogP contribution in [0.25, 0.3) is 10.9 Å². The van der Waals surface area contributed by atoms with Crippen molar-refractivity contribution in [1.82, 2.24) is 10.2 Å². The number of benzene rings is 1. The number of hydrogen-bond acceptors (Lipinski definition) is 1. The van der Waals surface area contributed by atoms with Gasteiger partial charge in [-0.3, -0.25) is 5.10 Å². The maximum Gasteiger partial charge on any atom is 0.252 e. The van der Waals surface area contributed by atoms with Crippen LogP contribution < -0.4 is 0 Å². The molecule has 0 spiro atoms. The Morgan fingerprint density at radius 2 is 2.00 bits per heavy atom. The summed E-state index contributed by atoms with van der Waals surface area (Å²) in [5, 5.41) is 7.66. The van der Waals surface area contributed by atoms with E-state index in [0.717, 1.165) is 22.0 Å². The number of aromatic nitrogens is 2. The molecule has 0 aliphatic heterocycles. The lowest BCUT2D eigenvalue weighted by atomic mass is 9.88. The van der Waals surface area contributed by atoms with E-state index in [1.165, 1.54) is 0 Å². The molecule has 1 N–H and O–H groups in total. The third-order valence-corrected chi connectivity index (χ3v) is 2.97. The van der Waals surface area contributed by atoms with Crippen LogP contribution in [0.15, 0.2) is 18.3 Å². The molecular formula is C13H16F2N2. The first-order chi connectivity index (χ1) is 8.14. The van der Waals surface area contributed by atoms with Crippen LogP contribution in [0.1, 0.15) is 31.4 Å². The molecule has 0 unspecified atom stereocenters. The summed E-state index contributed by atoms with van der Waals surface area (Å²) in [6, 6.07) is 3.76. The van der Waals surface area contributed by atoms with Crippen LogP contribution in [0.2, 0.25) is 0 Å². The van der Waals surface area contributed by atoms with E-state index in [1.807, 2.05) is 26.0 Å². The van der Waals surface area contributed by atoms with Crippen LogP contribution in [-0.4, -0.2) is 16.1 Å². The number of nitrogens with one attached hydrogen (secondary N) is 1. The summed E-state index contributed by atoms with van der Waals surface area (Å²) in [4.78, 5) is 0. The first-order valence-electron chi connectivity index (χ1n) is 5.97. The lowest BCUT2D eigenvalue weighted by molar-refractivity contribution is -0.0121. The van der Waals surface area contributed by atoms with E-state index in [1.54, 1.807) is 6.20 Å². The molecule has 0 saturated heterocycles. The van der Waals surface area contributed by atoms with Crippen LogP contribution in [-0.2, 0) is 12.8 Å². The van der Waals surface area contributed by atoms with E-state index in [2.05, 4.69) is 10.2 Å². The summed E-state index contributed by atoms with van der Waals surface area (Å²) in [6.07, 6.45) is 1.95. The fourth-order valence-corrected chi connectivity index (χ4v) is 2.17. The van der Waals surface area contributed by atoms with Crippen LogP contribution in [0.4, 0.5) is 8.78 Å². The molecule has 0 fully saturated rings. The number of aryl methyl sites for hydroxylation is 1. The van der Waals surface area contributed by atoms with Gasteiger partial charge in [0.1, 0.15) is 0 Å². The van der Waals surface area contributed by atoms with Gasteiger partial charge in [0.25, 0.3) is 5.92 Å². The number of nitrogens with zero attached hydrogens (tertiary/aromatic N) is 1.